The molecule has 18 aromatic rings. The van der Waals surface area contributed by atoms with Gasteiger partial charge >= 0.3 is 0 Å². The van der Waals surface area contributed by atoms with Gasteiger partial charge in [0.1, 0.15) is 0 Å². The van der Waals surface area contributed by atoms with Gasteiger partial charge in [-0.25, -0.2) is 15.0 Å². The normalized spacial score (nSPS) is 11.5. The molecule has 3 radical (unpaired) electrons. The summed E-state index contributed by atoms with van der Waals surface area (Å²) in [6, 6.07) is 97.0. The average Bonchev–Trinajstić information content (AvgIpc) is 1.62. The van der Waals surface area contributed by atoms with Crippen molar-refractivity contribution < 1.29 is 81.8 Å². The predicted molar refractivity (Wildman–Crippen MR) is 385 cm³/mol. The minimum absolute atomic E-state index is 0. The molecule has 12 heterocycles. The van der Waals surface area contributed by atoms with Crippen molar-refractivity contribution in [2.24, 2.45) is 0 Å². The molecule has 0 fully saturated rings. The van der Waals surface area contributed by atoms with Gasteiger partial charge in [-0.1, -0.05) is 106 Å². The summed E-state index contributed by atoms with van der Waals surface area (Å²) in [5.74, 6) is 0. The van der Waals surface area contributed by atoms with E-state index in [1.807, 2.05) is 226 Å². The Kier molecular flexibility index (Phi) is 22.3. The van der Waals surface area contributed by atoms with Crippen molar-refractivity contribution in [3.05, 3.63) is 345 Å². The molecule has 12 aromatic heterocycles. The summed E-state index contributed by atoms with van der Waals surface area (Å²) >= 11 is 0. The fourth-order valence-electron chi connectivity index (χ4n) is 10.4. The summed E-state index contributed by atoms with van der Waals surface area (Å²) in [7, 11) is 0. The molecule has 0 aliphatic heterocycles. The molecular formula is C85H59Ir3N9O3-6. The van der Waals surface area contributed by atoms with Crippen LogP contribution in [-0.2, 0) is 60.3 Å². The zero-order chi connectivity index (χ0) is 71.1. The van der Waals surface area contributed by atoms with Crippen LogP contribution in [0.3, 0.4) is 0 Å². The SMILES string of the molecule is Cc1ccc2c(n1)oc1c(-c3ccccn3)[c-]ccc12.Cc1ccc2c(n1)oc1c(-c3ccccn3)[c-]ccc12.[2H]C([2H])([2H])c1ccc(-c2[c-]cccc2)nc1.[2H]C([2H])([2H])c1ccc2c(n1)oc1c(-c3ccccn3)[c-]ccc12.[Ir].[Ir].[Ir].[c-]1ccccc1-c1ccccn1.[c-]1ccccc1-c1ccccn1. The third kappa shape index (κ3) is 17.5. The van der Waals surface area contributed by atoms with Crippen molar-refractivity contribution in [2.75, 3.05) is 0 Å². The summed E-state index contributed by atoms with van der Waals surface area (Å²) in [6.07, 6.45) is 10.2. The first-order valence-corrected chi connectivity index (χ1v) is 30.8. The van der Waals surface area contributed by atoms with Crippen molar-refractivity contribution in [1.29, 1.82) is 0 Å². The maximum absolute atomic E-state index is 7.47. The van der Waals surface area contributed by atoms with Gasteiger partial charge in [-0.3, -0.25) is 0 Å². The molecule has 0 spiro atoms. The van der Waals surface area contributed by atoms with E-state index in [-0.39, 0.29) is 71.6 Å². The number of benzene rings is 6. The maximum Gasteiger partial charge on any atom is 0.216 e. The quantitative estimate of drug-likeness (QED) is 0.145. The molecule has 0 saturated carbocycles. The molecule has 0 atom stereocenters. The summed E-state index contributed by atoms with van der Waals surface area (Å²) in [5.41, 5.74) is 16.5. The number of hydrogen-bond acceptors (Lipinski definition) is 12. The number of aromatic nitrogens is 9. The summed E-state index contributed by atoms with van der Waals surface area (Å²) in [6.45, 7) is -0.439. The van der Waals surface area contributed by atoms with E-state index in [2.05, 4.69) is 81.3 Å². The number of furan rings is 3. The monoisotopic (exact) mass is 1840 g/mol. The van der Waals surface area contributed by atoms with Crippen LogP contribution >= 0.6 is 0 Å². The van der Waals surface area contributed by atoms with Crippen molar-refractivity contribution >= 4 is 66.2 Å². The Bertz CT molecular complexity index is 5500. The number of nitrogens with zero attached hydrogens (tertiary/aromatic N) is 9. The van der Waals surface area contributed by atoms with E-state index < -0.39 is 13.7 Å². The van der Waals surface area contributed by atoms with E-state index in [4.69, 9.17) is 21.5 Å². The Morgan fingerprint density at radius 3 is 0.910 bits per heavy atom. The number of hydrogen-bond donors (Lipinski definition) is 0. The van der Waals surface area contributed by atoms with Crippen molar-refractivity contribution in [2.45, 2.75) is 27.6 Å². The molecule has 495 valence electrons. The van der Waals surface area contributed by atoms with Crippen LogP contribution in [0.25, 0.3) is 134 Å². The van der Waals surface area contributed by atoms with Crippen LogP contribution < -0.4 is 0 Å². The van der Waals surface area contributed by atoms with E-state index in [0.29, 0.717) is 22.7 Å². The topological polar surface area (TPSA) is 155 Å². The Labute approximate surface area is 628 Å². The first-order valence-electron chi connectivity index (χ1n) is 33.8. The molecule has 100 heavy (non-hydrogen) atoms. The molecule has 0 bridgehead atoms. The van der Waals surface area contributed by atoms with Gasteiger partial charge in [0.05, 0.1) is 16.7 Å². The van der Waals surface area contributed by atoms with E-state index in [0.717, 1.165) is 122 Å². The zero-order valence-corrected chi connectivity index (χ0v) is 60.6. The van der Waals surface area contributed by atoms with Crippen LogP contribution in [0.5, 0.6) is 0 Å². The van der Waals surface area contributed by atoms with Gasteiger partial charge in [-0.15, -0.1) is 162 Å². The second kappa shape index (κ2) is 35.0. The average molecular weight is 1840 g/mol. The minimum Gasteiger partial charge on any atom is -0.486 e. The van der Waals surface area contributed by atoms with E-state index in [9.17, 15) is 0 Å². The fraction of sp³-hybridized carbons (Fsp3) is 0.0471. The summed E-state index contributed by atoms with van der Waals surface area (Å²) in [5, 5.41) is 5.79. The van der Waals surface area contributed by atoms with Crippen molar-refractivity contribution in [3.63, 3.8) is 0 Å². The smallest absolute Gasteiger partial charge is 0.216 e. The Balaban J connectivity index is 0.000000137. The second-order valence-corrected chi connectivity index (χ2v) is 21.6. The molecule has 0 N–H and O–H groups in total. The standard InChI is InChI=1S/3C17H11N2O.C12H10N.2C11H8N.3Ir/c3*1-11-8-9-13-12-5-4-6-14(15-7-2-3-10-18-15)16(12)20-17(13)19-11;1-10-7-8-12(13-9-10)11-5-3-2-4-6-11;2*1-2-6-10(7-3-1)11-8-4-5-9-12-11;;;/h3*2-5,7-10H,1H3;2-5,7-9H,1H3;2*1-6,8-9H;;;/q6*-1;;;/i1D3;;;1D3;;;;;. The van der Waals surface area contributed by atoms with Gasteiger partial charge in [0.15, 0.2) is 0 Å². The third-order valence-corrected chi connectivity index (χ3v) is 15.0. The van der Waals surface area contributed by atoms with Crippen LogP contribution in [0.15, 0.2) is 299 Å². The van der Waals surface area contributed by atoms with Gasteiger partial charge in [0.25, 0.3) is 0 Å². The summed E-state index contributed by atoms with van der Waals surface area (Å²) in [4.78, 5) is 38.7. The first kappa shape index (κ1) is 63.7. The van der Waals surface area contributed by atoms with Crippen LogP contribution in [0.2, 0.25) is 0 Å². The van der Waals surface area contributed by atoms with Crippen LogP contribution in [0, 0.1) is 63.9 Å². The molecule has 18 rings (SSSR count). The van der Waals surface area contributed by atoms with Gasteiger partial charge < -0.3 is 43.2 Å². The van der Waals surface area contributed by atoms with E-state index in [1.54, 1.807) is 61.3 Å². The maximum atomic E-state index is 7.47. The Hall–Kier alpha value is -11.0. The molecular weight excluding hydrogens is 1770 g/mol. The molecule has 15 heteroatoms. The van der Waals surface area contributed by atoms with Gasteiger partial charge in [-0.05, 0) is 134 Å². The molecule has 0 aliphatic carbocycles. The number of fused-ring (bicyclic) bond motifs is 9. The minimum atomic E-state index is -2.26. The molecule has 0 saturated heterocycles. The van der Waals surface area contributed by atoms with Crippen LogP contribution in [0.4, 0.5) is 0 Å². The third-order valence-electron chi connectivity index (χ3n) is 15.0. The molecule has 0 unspecified atom stereocenters. The number of aryl methyl sites for hydroxylation is 4. The van der Waals surface area contributed by atoms with Gasteiger partial charge in [0, 0.05) is 139 Å². The largest absolute Gasteiger partial charge is 0.486 e. The van der Waals surface area contributed by atoms with Gasteiger partial charge in [0.2, 0.25) is 17.1 Å². The van der Waals surface area contributed by atoms with Crippen molar-refractivity contribution in [3.8, 4) is 67.5 Å². The Morgan fingerprint density at radius 2 is 0.610 bits per heavy atom. The van der Waals surface area contributed by atoms with E-state index in [1.165, 1.54) is 12.3 Å². The second-order valence-electron chi connectivity index (χ2n) is 21.6. The molecule has 12 nitrogen and oxygen atoms in total. The van der Waals surface area contributed by atoms with Crippen molar-refractivity contribution in [1.82, 2.24) is 44.9 Å². The first-order chi connectivity index (χ1) is 50.2. The summed E-state index contributed by atoms with van der Waals surface area (Å²) < 4.78 is 61.8. The molecule has 0 amide bonds. The molecule has 0 aliphatic rings. The number of rotatable bonds is 6. The molecule has 6 aromatic carbocycles. The van der Waals surface area contributed by atoms with Gasteiger partial charge in [-0.2, -0.15) is 0 Å². The van der Waals surface area contributed by atoms with E-state index >= 15 is 0 Å². The number of pyridine rings is 9. The predicted octanol–water partition coefficient (Wildman–Crippen LogP) is 20.4. The Morgan fingerprint density at radius 1 is 0.280 bits per heavy atom. The fourth-order valence-corrected chi connectivity index (χ4v) is 10.4. The van der Waals surface area contributed by atoms with Crippen LogP contribution in [-0.4, -0.2) is 44.9 Å². The van der Waals surface area contributed by atoms with Crippen LogP contribution in [0.1, 0.15) is 30.9 Å². The zero-order valence-electron chi connectivity index (χ0n) is 59.4.